The van der Waals surface area contributed by atoms with Crippen LogP contribution in [0.3, 0.4) is 0 Å². The Labute approximate surface area is 91.1 Å². The van der Waals surface area contributed by atoms with Crippen molar-refractivity contribution in [3.63, 3.8) is 0 Å². The number of halogens is 1. The van der Waals surface area contributed by atoms with Crippen LogP contribution in [0.1, 0.15) is 19.4 Å². The first-order valence-corrected chi connectivity index (χ1v) is 5.22. The van der Waals surface area contributed by atoms with Gasteiger partial charge in [-0.2, -0.15) is 5.10 Å². The van der Waals surface area contributed by atoms with Crippen molar-refractivity contribution in [2.24, 2.45) is 5.92 Å². The molecule has 0 aliphatic carbocycles. The number of carbonyl (C=O) groups is 1. The standard InChI is InChI=1S/C9H13BrN2O2/c1-6(2)5-12-9(10)7(4-11-12)3-8(13)14/h4,6H,3,5H2,1-2H3,(H,13,14). The minimum Gasteiger partial charge on any atom is -0.481 e. The first-order valence-electron chi connectivity index (χ1n) is 4.42. The molecule has 0 unspecified atom stereocenters. The number of hydrogen-bond acceptors (Lipinski definition) is 2. The molecule has 1 N–H and O–H groups in total. The van der Waals surface area contributed by atoms with E-state index in [1.807, 2.05) is 0 Å². The zero-order valence-electron chi connectivity index (χ0n) is 8.20. The highest BCUT2D eigenvalue weighted by Crippen LogP contribution is 2.18. The van der Waals surface area contributed by atoms with Gasteiger partial charge < -0.3 is 5.11 Å². The van der Waals surface area contributed by atoms with Gasteiger partial charge in [-0.3, -0.25) is 9.48 Å². The molecule has 5 heteroatoms. The van der Waals surface area contributed by atoms with Crippen LogP contribution in [0.25, 0.3) is 0 Å². The summed E-state index contributed by atoms with van der Waals surface area (Å²) in [4.78, 5) is 10.5. The molecular formula is C9H13BrN2O2. The highest BCUT2D eigenvalue weighted by molar-refractivity contribution is 9.10. The van der Waals surface area contributed by atoms with Gasteiger partial charge >= 0.3 is 5.97 Å². The van der Waals surface area contributed by atoms with Gasteiger partial charge in [0.25, 0.3) is 0 Å². The van der Waals surface area contributed by atoms with Gasteiger partial charge in [0.1, 0.15) is 4.60 Å². The monoisotopic (exact) mass is 260 g/mol. The smallest absolute Gasteiger partial charge is 0.307 e. The van der Waals surface area contributed by atoms with Crippen molar-refractivity contribution in [2.75, 3.05) is 0 Å². The van der Waals surface area contributed by atoms with E-state index < -0.39 is 5.97 Å². The lowest BCUT2D eigenvalue weighted by Crippen LogP contribution is -2.07. The number of aliphatic carboxylic acids is 1. The SMILES string of the molecule is CC(C)Cn1ncc(CC(=O)O)c1Br. The molecule has 0 saturated carbocycles. The summed E-state index contributed by atoms with van der Waals surface area (Å²) in [5.41, 5.74) is 0.721. The first kappa shape index (κ1) is 11.2. The van der Waals surface area contributed by atoms with Gasteiger partial charge in [-0.15, -0.1) is 0 Å². The Morgan fingerprint density at radius 1 is 1.71 bits per heavy atom. The van der Waals surface area contributed by atoms with Crippen molar-refractivity contribution in [3.8, 4) is 0 Å². The maximum absolute atomic E-state index is 10.5. The number of carboxylic acids is 1. The largest absolute Gasteiger partial charge is 0.481 e. The van der Waals surface area contributed by atoms with Gasteiger partial charge in [-0.1, -0.05) is 13.8 Å². The zero-order valence-corrected chi connectivity index (χ0v) is 9.78. The lowest BCUT2D eigenvalue weighted by atomic mass is 10.2. The molecule has 1 aromatic rings. The number of rotatable bonds is 4. The van der Waals surface area contributed by atoms with E-state index in [2.05, 4.69) is 34.9 Å². The molecule has 0 amide bonds. The lowest BCUT2D eigenvalue weighted by molar-refractivity contribution is -0.136. The molecular weight excluding hydrogens is 248 g/mol. The Bertz CT molecular complexity index is 334. The Hall–Kier alpha value is -0.840. The molecule has 0 spiro atoms. The van der Waals surface area contributed by atoms with Crippen LogP contribution in [0.4, 0.5) is 0 Å². The van der Waals surface area contributed by atoms with Crippen molar-refractivity contribution in [3.05, 3.63) is 16.4 Å². The van der Waals surface area contributed by atoms with Crippen molar-refractivity contribution >= 4 is 21.9 Å². The minimum absolute atomic E-state index is 0.0126. The van der Waals surface area contributed by atoms with Gasteiger partial charge in [-0.25, -0.2) is 0 Å². The van der Waals surface area contributed by atoms with Gasteiger partial charge in [0.15, 0.2) is 0 Å². The predicted octanol–water partition coefficient (Wildman–Crippen LogP) is 1.93. The van der Waals surface area contributed by atoms with E-state index in [1.54, 1.807) is 10.9 Å². The zero-order chi connectivity index (χ0) is 10.7. The summed E-state index contributed by atoms with van der Waals surface area (Å²) < 4.78 is 2.55. The van der Waals surface area contributed by atoms with E-state index in [0.29, 0.717) is 5.92 Å². The molecule has 78 valence electrons. The van der Waals surface area contributed by atoms with Crippen molar-refractivity contribution < 1.29 is 9.90 Å². The molecule has 0 aliphatic heterocycles. The predicted molar refractivity (Wildman–Crippen MR) is 56.1 cm³/mol. The summed E-state index contributed by atoms with van der Waals surface area (Å²) in [5, 5.41) is 12.7. The fraction of sp³-hybridized carbons (Fsp3) is 0.556. The molecule has 1 rings (SSSR count). The number of nitrogens with zero attached hydrogens (tertiary/aromatic N) is 2. The van der Waals surface area contributed by atoms with Gasteiger partial charge in [0.05, 0.1) is 12.6 Å². The normalized spacial score (nSPS) is 10.9. The van der Waals surface area contributed by atoms with Crippen LogP contribution in [0.5, 0.6) is 0 Å². The number of aromatic nitrogens is 2. The van der Waals surface area contributed by atoms with Crippen LogP contribution in [0, 0.1) is 5.92 Å². The highest BCUT2D eigenvalue weighted by Gasteiger charge is 2.11. The van der Waals surface area contributed by atoms with Crippen LogP contribution in [-0.4, -0.2) is 20.9 Å². The fourth-order valence-corrected chi connectivity index (χ4v) is 1.64. The van der Waals surface area contributed by atoms with E-state index in [-0.39, 0.29) is 6.42 Å². The third-order valence-corrected chi connectivity index (χ3v) is 2.64. The average Bonchev–Trinajstić information content (AvgIpc) is 2.34. The van der Waals surface area contributed by atoms with Crippen molar-refractivity contribution in [2.45, 2.75) is 26.8 Å². The van der Waals surface area contributed by atoms with E-state index in [0.717, 1.165) is 16.7 Å². The Morgan fingerprint density at radius 2 is 2.36 bits per heavy atom. The summed E-state index contributed by atoms with van der Waals surface area (Å²) in [6, 6.07) is 0. The summed E-state index contributed by atoms with van der Waals surface area (Å²) in [7, 11) is 0. The highest BCUT2D eigenvalue weighted by atomic mass is 79.9. The van der Waals surface area contributed by atoms with Gasteiger partial charge in [-0.05, 0) is 21.8 Å². The molecule has 0 fully saturated rings. The van der Waals surface area contributed by atoms with Crippen LogP contribution >= 0.6 is 15.9 Å². The van der Waals surface area contributed by atoms with E-state index in [1.165, 1.54) is 0 Å². The molecule has 0 radical (unpaired) electrons. The quantitative estimate of drug-likeness (QED) is 0.900. The third kappa shape index (κ3) is 2.83. The Balaban J connectivity index is 2.79. The van der Waals surface area contributed by atoms with Crippen LogP contribution < -0.4 is 0 Å². The molecule has 14 heavy (non-hydrogen) atoms. The third-order valence-electron chi connectivity index (χ3n) is 1.72. The maximum atomic E-state index is 10.5. The summed E-state index contributed by atoms with van der Waals surface area (Å²) in [6.07, 6.45) is 1.61. The minimum atomic E-state index is -0.838. The molecule has 0 bridgehead atoms. The number of carboxylic acid groups (broad SMARTS) is 1. The van der Waals surface area contributed by atoms with Gasteiger partial charge in [0, 0.05) is 12.1 Å². The van der Waals surface area contributed by atoms with E-state index in [9.17, 15) is 4.79 Å². The molecule has 0 atom stereocenters. The van der Waals surface area contributed by atoms with Crippen LogP contribution in [-0.2, 0) is 17.8 Å². The lowest BCUT2D eigenvalue weighted by Gasteiger charge is -2.06. The molecule has 0 aliphatic rings. The number of hydrogen-bond donors (Lipinski definition) is 1. The summed E-state index contributed by atoms with van der Waals surface area (Å²) >= 11 is 3.35. The van der Waals surface area contributed by atoms with Crippen molar-refractivity contribution in [1.82, 2.24) is 9.78 Å². The van der Waals surface area contributed by atoms with E-state index >= 15 is 0 Å². The average molecular weight is 261 g/mol. The molecule has 1 aromatic heterocycles. The Kier molecular flexibility index (Phi) is 3.69. The molecule has 0 aromatic carbocycles. The second-order valence-corrected chi connectivity index (χ2v) is 4.36. The van der Waals surface area contributed by atoms with Crippen molar-refractivity contribution in [1.29, 1.82) is 0 Å². The second kappa shape index (κ2) is 4.59. The molecule has 0 saturated heterocycles. The summed E-state index contributed by atoms with van der Waals surface area (Å²) in [5.74, 6) is -0.348. The first-order chi connectivity index (χ1) is 6.50. The van der Waals surface area contributed by atoms with Gasteiger partial charge in [0.2, 0.25) is 0 Å². The summed E-state index contributed by atoms with van der Waals surface area (Å²) in [6.45, 7) is 4.97. The maximum Gasteiger partial charge on any atom is 0.307 e. The fourth-order valence-electron chi connectivity index (χ4n) is 1.16. The van der Waals surface area contributed by atoms with E-state index in [4.69, 9.17) is 5.11 Å². The Morgan fingerprint density at radius 3 is 2.86 bits per heavy atom. The topological polar surface area (TPSA) is 55.1 Å². The molecule has 4 nitrogen and oxygen atoms in total. The van der Waals surface area contributed by atoms with Crippen LogP contribution in [0.2, 0.25) is 0 Å². The van der Waals surface area contributed by atoms with Crippen LogP contribution in [0.15, 0.2) is 10.8 Å². The second-order valence-electron chi connectivity index (χ2n) is 3.61. The molecule has 1 heterocycles.